The van der Waals surface area contributed by atoms with Gasteiger partial charge in [-0.2, -0.15) is 0 Å². The fourth-order valence-electron chi connectivity index (χ4n) is 1.68. The molecule has 1 amide bonds. The molecule has 19 heavy (non-hydrogen) atoms. The Morgan fingerprint density at radius 1 is 1.63 bits per heavy atom. The number of hydrogen-bond donors (Lipinski definition) is 2. The normalized spacial score (nSPS) is 12.4. The lowest BCUT2D eigenvalue weighted by atomic mass is 10.2. The van der Waals surface area contributed by atoms with E-state index in [0.29, 0.717) is 16.3 Å². The van der Waals surface area contributed by atoms with E-state index in [9.17, 15) is 4.79 Å². The minimum atomic E-state index is -0.242. The molecule has 5 nitrogen and oxygen atoms in total. The number of nitrogens with one attached hydrogen (secondary N) is 2. The first-order chi connectivity index (χ1) is 8.95. The third kappa shape index (κ3) is 3.51. The van der Waals surface area contributed by atoms with Crippen molar-refractivity contribution in [3.05, 3.63) is 32.4 Å². The zero-order chi connectivity index (χ0) is 14.0. The molecule has 0 aliphatic carbocycles. The van der Waals surface area contributed by atoms with Crippen LogP contribution >= 0.6 is 23.6 Å². The lowest BCUT2D eigenvalue weighted by Gasteiger charge is -2.09. The molecule has 2 N–H and O–H groups in total. The van der Waals surface area contributed by atoms with Gasteiger partial charge in [0, 0.05) is 10.6 Å². The number of aromatic nitrogens is 2. The standard InChI is InChI=1S/C12H15N3O2S2/c1-6-5-13-11(17-6)8(3)14-10(16)4-9-7(2)15-12(18)19-9/h5,8H,4H2,1-3H3,(H,14,16)(H,15,18). The average molecular weight is 297 g/mol. The zero-order valence-electron chi connectivity index (χ0n) is 10.9. The van der Waals surface area contributed by atoms with Crippen molar-refractivity contribution in [2.24, 2.45) is 0 Å². The largest absolute Gasteiger partial charge is 0.444 e. The molecule has 2 rings (SSSR count). The summed E-state index contributed by atoms with van der Waals surface area (Å²) in [4.78, 5) is 20.0. The van der Waals surface area contributed by atoms with Crippen molar-refractivity contribution in [3.8, 4) is 0 Å². The van der Waals surface area contributed by atoms with Gasteiger partial charge in [0.15, 0.2) is 3.95 Å². The third-order valence-electron chi connectivity index (χ3n) is 2.63. The molecule has 0 spiro atoms. The summed E-state index contributed by atoms with van der Waals surface area (Å²) in [5.74, 6) is 1.18. The van der Waals surface area contributed by atoms with Crippen molar-refractivity contribution in [1.29, 1.82) is 0 Å². The van der Waals surface area contributed by atoms with Crippen LogP contribution in [0.5, 0.6) is 0 Å². The van der Waals surface area contributed by atoms with E-state index < -0.39 is 0 Å². The molecule has 7 heteroatoms. The van der Waals surface area contributed by atoms with Crippen LogP contribution in [-0.2, 0) is 11.2 Å². The highest BCUT2D eigenvalue weighted by Crippen LogP contribution is 2.16. The summed E-state index contributed by atoms with van der Waals surface area (Å²) in [6.07, 6.45) is 1.95. The van der Waals surface area contributed by atoms with Crippen LogP contribution in [0.2, 0.25) is 0 Å². The number of rotatable bonds is 4. The first kappa shape index (κ1) is 14.0. The Hall–Kier alpha value is -1.47. The molecule has 0 saturated carbocycles. The predicted octanol–water partition coefficient (Wildman–Crippen LogP) is 2.83. The summed E-state index contributed by atoms with van der Waals surface area (Å²) in [6, 6.07) is -0.242. The summed E-state index contributed by atoms with van der Waals surface area (Å²) in [5.41, 5.74) is 0.949. The van der Waals surface area contributed by atoms with Crippen LogP contribution in [0.25, 0.3) is 0 Å². The fourth-order valence-corrected chi connectivity index (χ4v) is 2.97. The molecule has 0 aromatic carbocycles. The molecule has 1 unspecified atom stereocenters. The Balaban J connectivity index is 1.98. The number of carbonyl (C=O) groups excluding carboxylic acids is 1. The SMILES string of the molecule is Cc1cnc(C(C)NC(=O)Cc2sc(=S)[nH]c2C)o1. The summed E-state index contributed by atoms with van der Waals surface area (Å²) < 4.78 is 6.07. The Labute approximate surface area is 120 Å². The molecular weight excluding hydrogens is 282 g/mol. The highest BCUT2D eigenvalue weighted by Gasteiger charge is 2.15. The minimum Gasteiger partial charge on any atom is -0.444 e. The number of nitrogens with zero attached hydrogens (tertiary/aromatic N) is 1. The zero-order valence-corrected chi connectivity index (χ0v) is 12.6. The smallest absolute Gasteiger partial charge is 0.225 e. The number of oxazole rings is 1. The van der Waals surface area contributed by atoms with E-state index in [1.54, 1.807) is 6.20 Å². The van der Waals surface area contributed by atoms with Gasteiger partial charge in [-0.3, -0.25) is 4.79 Å². The Morgan fingerprint density at radius 2 is 2.37 bits per heavy atom. The van der Waals surface area contributed by atoms with Crippen LogP contribution < -0.4 is 5.32 Å². The highest BCUT2D eigenvalue weighted by atomic mass is 32.1. The molecule has 1 atom stereocenters. The lowest BCUT2D eigenvalue weighted by molar-refractivity contribution is -0.121. The number of aryl methyl sites for hydroxylation is 2. The molecule has 0 aliphatic rings. The number of thiazole rings is 1. The van der Waals surface area contributed by atoms with Gasteiger partial charge in [-0.15, -0.1) is 11.3 Å². The van der Waals surface area contributed by atoms with Gasteiger partial charge in [-0.25, -0.2) is 4.98 Å². The van der Waals surface area contributed by atoms with Crippen molar-refractivity contribution in [2.75, 3.05) is 0 Å². The van der Waals surface area contributed by atoms with Crippen LogP contribution in [-0.4, -0.2) is 15.9 Å². The predicted molar refractivity (Wildman–Crippen MR) is 75.7 cm³/mol. The number of H-pyrrole nitrogens is 1. The first-order valence-electron chi connectivity index (χ1n) is 5.86. The lowest BCUT2D eigenvalue weighted by Crippen LogP contribution is -2.28. The summed E-state index contributed by atoms with van der Waals surface area (Å²) >= 11 is 6.48. The molecule has 2 aromatic heterocycles. The minimum absolute atomic E-state index is 0.0725. The van der Waals surface area contributed by atoms with Gasteiger partial charge >= 0.3 is 0 Å². The average Bonchev–Trinajstić information content (AvgIpc) is 2.86. The molecule has 102 valence electrons. The molecule has 0 bridgehead atoms. The second-order valence-electron chi connectivity index (χ2n) is 4.34. The summed E-state index contributed by atoms with van der Waals surface area (Å²) in [7, 11) is 0. The quantitative estimate of drug-likeness (QED) is 0.851. The van der Waals surface area contributed by atoms with Gasteiger partial charge in [-0.1, -0.05) is 0 Å². The number of hydrogen-bond acceptors (Lipinski definition) is 5. The van der Waals surface area contributed by atoms with Crippen LogP contribution in [0.3, 0.4) is 0 Å². The van der Waals surface area contributed by atoms with E-state index in [1.165, 1.54) is 11.3 Å². The van der Waals surface area contributed by atoms with Crippen LogP contribution in [0.15, 0.2) is 10.6 Å². The molecule has 0 radical (unpaired) electrons. The Bertz CT molecular complexity index is 641. The van der Waals surface area contributed by atoms with Gasteiger partial charge < -0.3 is 14.7 Å². The van der Waals surface area contributed by atoms with E-state index in [-0.39, 0.29) is 11.9 Å². The van der Waals surface area contributed by atoms with Crippen LogP contribution in [0.1, 0.15) is 35.2 Å². The Kier molecular flexibility index (Phi) is 4.16. The highest BCUT2D eigenvalue weighted by molar-refractivity contribution is 7.73. The second-order valence-corrected chi connectivity index (χ2v) is 6.11. The topological polar surface area (TPSA) is 70.9 Å². The number of amides is 1. The van der Waals surface area contributed by atoms with E-state index in [0.717, 1.165) is 16.3 Å². The first-order valence-corrected chi connectivity index (χ1v) is 7.08. The van der Waals surface area contributed by atoms with Crippen LogP contribution in [0.4, 0.5) is 0 Å². The maximum atomic E-state index is 11.9. The van der Waals surface area contributed by atoms with Gasteiger partial charge in [0.25, 0.3) is 0 Å². The van der Waals surface area contributed by atoms with E-state index in [2.05, 4.69) is 15.3 Å². The fraction of sp³-hybridized carbons (Fsp3) is 0.417. The van der Waals surface area contributed by atoms with E-state index in [4.69, 9.17) is 16.6 Å². The monoisotopic (exact) mass is 297 g/mol. The number of carbonyl (C=O) groups is 1. The summed E-state index contributed by atoms with van der Waals surface area (Å²) in [6.45, 7) is 5.58. The second kappa shape index (κ2) is 5.66. The van der Waals surface area contributed by atoms with Crippen molar-refractivity contribution in [1.82, 2.24) is 15.3 Å². The van der Waals surface area contributed by atoms with Crippen molar-refractivity contribution in [3.63, 3.8) is 0 Å². The molecule has 0 saturated heterocycles. The van der Waals surface area contributed by atoms with Gasteiger partial charge in [-0.05, 0) is 33.0 Å². The summed E-state index contributed by atoms with van der Waals surface area (Å²) in [5, 5.41) is 2.86. The molecule has 2 heterocycles. The van der Waals surface area contributed by atoms with Gasteiger partial charge in [0.2, 0.25) is 11.8 Å². The van der Waals surface area contributed by atoms with E-state index >= 15 is 0 Å². The Morgan fingerprint density at radius 3 is 2.89 bits per heavy atom. The molecule has 0 aliphatic heterocycles. The maximum absolute atomic E-state index is 11.9. The van der Waals surface area contributed by atoms with E-state index in [1.807, 2.05) is 20.8 Å². The van der Waals surface area contributed by atoms with Gasteiger partial charge in [0.05, 0.1) is 12.6 Å². The number of aromatic amines is 1. The van der Waals surface area contributed by atoms with Crippen molar-refractivity contribution in [2.45, 2.75) is 33.2 Å². The van der Waals surface area contributed by atoms with Crippen LogP contribution in [0, 0.1) is 17.8 Å². The van der Waals surface area contributed by atoms with Gasteiger partial charge in [0.1, 0.15) is 11.8 Å². The van der Waals surface area contributed by atoms with Crippen molar-refractivity contribution < 1.29 is 9.21 Å². The van der Waals surface area contributed by atoms with Crippen molar-refractivity contribution >= 4 is 29.5 Å². The third-order valence-corrected chi connectivity index (χ3v) is 3.97. The maximum Gasteiger partial charge on any atom is 0.225 e. The molecule has 2 aromatic rings. The molecular formula is C12H15N3O2S2. The molecule has 0 fully saturated rings.